The second-order valence-electron chi connectivity index (χ2n) is 2.92. The van der Waals surface area contributed by atoms with Crippen LogP contribution in [0.5, 0.6) is 0 Å². The van der Waals surface area contributed by atoms with Crippen molar-refractivity contribution in [1.82, 2.24) is 0 Å². The van der Waals surface area contributed by atoms with Crippen LogP contribution in [0.2, 0.25) is 0 Å². The molecule has 1 unspecified atom stereocenters. The first-order valence-electron chi connectivity index (χ1n) is 3.88. The van der Waals surface area contributed by atoms with Crippen molar-refractivity contribution in [1.29, 1.82) is 0 Å². The van der Waals surface area contributed by atoms with Crippen LogP contribution in [0.15, 0.2) is 28.7 Å². The van der Waals surface area contributed by atoms with Gasteiger partial charge >= 0.3 is 6.18 Å². The van der Waals surface area contributed by atoms with Gasteiger partial charge in [0, 0.05) is 15.2 Å². The van der Waals surface area contributed by atoms with E-state index in [1.165, 1.54) is 18.2 Å². The second kappa shape index (κ2) is 4.54. The highest BCUT2D eigenvalue weighted by Gasteiger charge is 2.49. The SMILES string of the molecule is O=S(=O)(Cl)C(c1ccccc1Br)C(F)(F)F. The maximum Gasteiger partial charge on any atom is 0.410 e. The first-order valence-corrected chi connectivity index (χ1v) is 7.05. The zero-order valence-electron chi connectivity index (χ0n) is 7.50. The van der Waals surface area contributed by atoms with Gasteiger partial charge in [-0.3, -0.25) is 0 Å². The van der Waals surface area contributed by atoms with Gasteiger partial charge in [-0.05, 0) is 11.6 Å². The highest BCUT2D eigenvalue weighted by Crippen LogP contribution is 2.43. The minimum atomic E-state index is -4.95. The van der Waals surface area contributed by atoms with E-state index in [1.807, 2.05) is 0 Å². The van der Waals surface area contributed by atoms with E-state index in [4.69, 9.17) is 10.7 Å². The van der Waals surface area contributed by atoms with Crippen molar-refractivity contribution in [2.75, 3.05) is 0 Å². The monoisotopic (exact) mass is 336 g/mol. The van der Waals surface area contributed by atoms with Crippen LogP contribution in [0.4, 0.5) is 13.2 Å². The number of benzene rings is 1. The Morgan fingerprint density at radius 3 is 2.12 bits per heavy atom. The Hall–Kier alpha value is -0.270. The van der Waals surface area contributed by atoms with Crippen molar-refractivity contribution in [3.05, 3.63) is 34.3 Å². The second-order valence-corrected chi connectivity index (χ2v) is 6.49. The Bertz CT molecular complexity index is 486. The lowest BCUT2D eigenvalue weighted by atomic mass is 10.1. The van der Waals surface area contributed by atoms with Gasteiger partial charge < -0.3 is 0 Å². The molecule has 0 aliphatic carbocycles. The average Bonchev–Trinajstić information content (AvgIpc) is 2.03. The first-order chi connectivity index (χ1) is 7.14. The van der Waals surface area contributed by atoms with Crippen molar-refractivity contribution < 1.29 is 21.6 Å². The van der Waals surface area contributed by atoms with E-state index in [9.17, 15) is 21.6 Å². The summed E-state index contributed by atoms with van der Waals surface area (Å²) in [6, 6.07) is 5.15. The molecule has 2 nitrogen and oxygen atoms in total. The molecule has 1 atom stereocenters. The fourth-order valence-electron chi connectivity index (χ4n) is 1.18. The third kappa shape index (κ3) is 3.11. The van der Waals surface area contributed by atoms with Gasteiger partial charge in [0.25, 0.3) is 0 Å². The zero-order chi connectivity index (χ0) is 12.6. The molecule has 1 aromatic carbocycles. The molecule has 0 spiro atoms. The lowest BCUT2D eigenvalue weighted by Gasteiger charge is -2.18. The van der Waals surface area contributed by atoms with Gasteiger partial charge in [0.1, 0.15) is 0 Å². The molecule has 0 heterocycles. The molecular weight excluding hydrogens is 333 g/mol. The third-order valence-electron chi connectivity index (χ3n) is 1.77. The molecule has 0 aliphatic heterocycles. The van der Waals surface area contributed by atoms with Gasteiger partial charge in [-0.2, -0.15) is 13.2 Å². The number of halogens is 5. The van der Waals surface area contributed by atoms with Crippen LogP contribution >= 0.6 is 26.6 Å². The molecule has 0 aromatic heterocycles. The summed E-state index contributed by atoms with van der Waals surface area (Å²) in [5, 5.41) is -2.72. The van der Waals surface area contributed by atoms with E-state index in [1.54, 1.807) is 0 Å². The van der Waals surface area contributed by atoms with Crippen LogP contribution in [-0.2, 0) is 9.05 Å². The van der Waals surface area contributed by atoms with Gasteiger partial charge in [0.15, 0.2) is 5.25 Å². The average molecular weight is 338 g/mol. The quantitative estimate of drug-likeness (QED) is 0.773. The molecule has 1 rings (SSSR count). The molecule has 0 saturated carbocycles. The van der Waals surface area contributed by atoms with E-state index < -0.39 is 26.0 Å². The molecule has 0 amide bonds. The normalized spacial score (nSPS) is 14.8. The zero-order valence-corrected chi connectivity index (χ0v) is 10.7. The fourth-order valence-corrected chi connectivity index (χ4v) is 3.26. The van der Waals surface area contributed by atoms with Crippen LogP contribution in [0.3, 0.4) is 0 Å². The van der Waals surface area contributed by atoms with Gasteiger partial charge in [-0.1, -0.05) is 34.1 Å². The fraction of sp³-hybridized carbons (Fsp3) is 0.250. The summed E-state index contributed by atoms with van der Waals surface area (Å²) >= 11 is 2.86. The highest BCUT2D eigenvalue weighted by molar-refractivity contribution is 9.10. The summed E-state index contributed by atoms with van der Waals surface area (Å²) in [6.45, 7) is 0. The van der Waals surface area contributed by atoms with Crippen molar-refractivity contribution in [2.24, 2.45) is 0 Å². The van der Waals surface area contributed by atoms with E-state index in [0.29, 0.717) is 0 Å². The Balaban J connectivity index is 3.41. The van der Waals surface area contributed by atoms with Crippen LogP contribution in [-0.4, -0.2) is 14.6 Å². The van der Waals surface area contributed by atoms with Crippen LogP contribution in [0.1, 0.15) is 10.8 Å². The standard InChI is InChI=1S/C8H5BrClF3O2S/c9-6-4-2-1-3-5(6)7(8(11,12)13)16(10,14)15/h1-4,7H. The van der Waals surface area contributed by atoms with Crippen molar-refractivity contribution in [3.8, 4) is 0 Å². The molecule has 16 heavy (non-hydrogen) atoms. The maximum atomic E-state index is 12.6. The van der Waals surface area contributed by atoms with E-state index in [2.05, 4.69) is 15.9 Å². The van der Waals surface area contributed by atoms with Crippen LogP contribution in [0.25, 0.3) is 0 Å². The molecule has 0 fully saturated rings. The van der Waals surface area contributed by atoms with Crippen molar-refractivity contribution >= 4 is 35.7 Å². The summed E-state index contributed by atoms with van der Waals surface area (Å²) < 4.78 is 59.7. The highest BCUT2D eigenvalue weighted by atomic mass is 79.9. The van der Waals surface area contributed by atoms with E-state index in [0.717, 1.165) is 6.07 Å². The largest absolute Gasteiger partial charge is 0.410 e. The molecule has 90 valence electrons. The molecule has 0 radical (unpaired) electrons. The van der Waals surface area contributed by atoms with Crippen LogP contribution in [0, 0.1) is 0 Å². The summed E-state index contributed by atoms with van der Waals surface area (Å²) in [7, 11) is 0.0408. The predicted octanol–water partition coefficient (Wildman–Crippen LogP) is 3.62. The molecule has 0 aliphatic rings. The number of hydrogen-bond donors (Lipinski definition) is 0. The van der Waals surface area contributed by atoms with E-state index in [-0.39, 0.29) is 4.47 Å². The number of rotatable bonds is 2. The van der Waals surface area contributed by atoms with Gasteiger partial charge in [0.05, 0.1) is 0 Å². The van der Waals surface area contributed by atoms with Crippen molar-refractivity contribution in [2.45, 2.75) is 11.4 Å². The van der Waals surface area contributed by atoms with Gasteiger partial charge in [-0.15, -0.1) is 0 Å². The predicted molar refractivity (Wildman–Crippen MR) is 57.7 cm³/mol. The van der Waals surface area contributed by atoms with Gasteiger partial charge in [-0.25, -0.2) is 8.42 Å². The smallest absolute Gasteiger partial charge is 0.211 e. The summed E-state index contributed by atoms with van der Waals surface area (Å²) in [5.41, 5.74) is -0.426. The minimum absolute atomic E-state index is 0.0431. The third-order valence-corrected chi connectivity index (χ3v) is 4.11. The summed E-state index contributed by atoms with van der Waals surface area (Å²) in [4.78, 5) is 0. The summed E-state index contributed by atoms with van der Waals surface area (Å²) in [6.07, 6.45) is -4.95. The lowest BCUT2D eigenvalue weighted by molar-refractivity contribution is -0.131. The molecule has 1 aromatic rings. The first kappa shape index (κ1) is 13.8. The Morgan fingerprint density at radius 2 is 1.75 bits per heavy atom. The number of alkyl halides is 3. The van der Waals surface area contributed by atoms with Gasteiger partial charge in [0.2, 0.25) is 9.05 Å². The lowest BCUT2D eigenvalue weighted by Crippen LogP contribution is -2.26. The molecule has 0 saturated heterocycles. The molecular formula is C8H5BrClF3O2S. The Labute approximate surface area is 103 Å². The molecule has 8 heteroatoms. The Kier molecular flexibility index (Phi) is 3.91. The number of hydrogen-bond acceptors (Lipinski definition) is 2. The van der Waals surface area contributed by atoms with Crippen LogP contribution < -0.4 is 0 Å². The minimum Gasteiger partial charge on any atom is -0.211 e. The van der Waals surface area contributed by atoms with Crippen molar-refractivity contribution in [3.63, 3.8) is 0 Å². The molecule has 0 bridgehead atoms. The Morgan fingerprint density at radius 1 is 1.25 bits per heavy atom. The topological polar surface area (TPSA) is 34.1 Å². The molecule has 0 N–H and O–H groups in total. The van der Waals surface area contributed by atoms with E-state index >= 15 is 0 Å². The maximum absolute atomic E-state index is 12.6. The summed E-state index contributed by atoms with van der Waals surface area (Å²) in [5.74, 6) is 0.